The Morgan fingerprint density at radius 3 is 1.73 bits per heavy atom. The SMILES string of the molecule is CC1CCC(C2CCC(COC(=O)C(C#N)=C3SCC(C4CCC(C)CC4)CS3)CC2)CC1. The van der Waals surface area contributed by atoms with Crippen LogP contribution in [0.25, 0.3) is 0 Å². The highest BCUT2D eigenvalue weighted by Gasteiger charge is 2.33. The summed E-state index contributed by atoms with van der Waals surface area (Å²) in [5.74, 6) is 7.34. The summed E-state index contributed by atoms with van der Waals surface area (Å²) in [6.07, 6.45) is 16.0. The van der Waals surface area contributed by atoms with E-state index < -0.39 is 0 Å². The predicted molar refractivity (Wildman–Crippen MR) is 140 cm³/mol. The maximum atomic E-state index is 12.7. The first-order valence-corrected chi connectivity index (χ1v) is 15.6. The minimum absolute atomic E-state index is 0.255. The van der Waals surface area contributed by atoms with Crippen molar-refractivity contribution in [2.24, 2.45) is 41.4 Å². The molecule has 0 radical (unpaired) electrons. The molecule has 3 aliphatic carbocycles. The van der Waals surface area contributed by atoms with Crippen LogP contribution in [0.5, 0.6) is 0 Å². The van der Waals surface area contributed by atoms with Crippen LogP contribution in [0.1, 0.15) is 90.9 Å². The number of ether oxygens (including phenoxy) is 1. The number of hydrogen-bond acceptors (Lipinski definition) is 5. The first kappa shape index (κ1) is 25.5. The van der Waals surface area contributed by atoms with Gasteiger partial charge in [-0.2, -0.15) is 5.26 Å². The molecular weight excluding hydrogens is 446 g/mol. The molecule has 4 aliphatic rings. The molecule has 3 nitrogen and oxygen atoms in total. The molecule has 0 atom stereocenters. The Bertz CT molecular complexity index is 711. The van der Waals surface area contributed by atoms with Crippen molar-refractivity contribution in [2.75, 3.05) is 18.1 Å². The Balaban J connectivity index is 1.19. The Morgan fingerprint density at radius 1 is 0.788 bits per heavy atom. The number of nitrogens with zero attached hydrogens (tertiary/aromatic N) is 1. The van der Waals surface area contributed by atoms with Gasteiger partial charge in [-0.1, -0.05) is 39.5 Å². The van der Waals surface area contributed by atoms with Crippen LogP contribution in [0.3, 0.4) is 0 Å². The van der Waals surface area contributed by atoms with Crippen molar-refractivity contribution in [3.63, 3.8) is 0 Å². The third-order valence-electron chi connectivity index (χ3n) is 9.17. The van der Waals surface area contributed by atoms with E-state index in [1.807, 2.05) is 0 Å². The average molecular weight is 490 g/mol. The van der Waals surface area contributed by atoms with Gasteiger partial charge < -0.3 is 4.74 Å². The summed E-state index contributed by atoms with van der Waals surface area (Å²) in [5, 5.41) is 9.69. The van der Waals surface area contributed by atoms with Crippen LogP contribution in [0, 0.1) is 52.8 Å². The van der Waals surface area contributed by atoms with Crippen molar-refractivity contribution < 1.29 is 9.53 Å². The van der Waals surface area contributed by atoms with Gasteiger partial charge in [0.05, 0.1) is 10.8 Å². The predicted octanol–water partition coefficient (Wildman–Crippen LogP) is 7.82. The molecule has 184 valence electrons. The van der Waals surface area contributed by atoms with Crippen molar-refractivity contribution in [3.8, 4) is 6.07 Å². The van der Waals surface area contributed by atoms with Crippen molar-refractivity contribution in [1.29, 1.82) is 5.26 Å². The highest BCUT2D eigenvalue weighted by molar-refractivity contribution is 8.22. The lowest BCUT2D eigenvalue weighted by molar-refractivity contribution is -0.140. The quantitative estimate of drug-likeness (QED) is 0.224. The highest BCUT2D eigenvalue weighted by atomic mass is 32.2. The van der Waals surface area contributed by atoms with Gasteiger partial charge in [0.15, 0.2) is 5.57 Å². The van der Waals surface area contributed by atoms with Crippen LogP contribution in [0.2, 0.25) is 0 Å². The number of esters is 1. The van der Waals surface area contributed by atoms with Gasteiger partial charge in [0.1, 0.15) is 6.07 Å². The van der Waals surface area contributed by atoms with E-state index in [1.54, 1.807) is 23.5 Å². The molecule has 1 saturated heterocycles. The number of carbonyl (C=O) groups is 1. The van der Waals surface area contributed by atoms with E-state index in [2.05, 4.69) is 19.9 Å². The van der Waals surface area contributed by atoms with Gasteiger partial charge in [-0.05, 0) is 92.8 Å². The van der Waals surface area contributed by atoms with E-state index in [4.69, 9.17) is 4.74 Å². The summed E-state index contributed by atoms with van der Waals surface area (Å²) in [7, 11) is 0. The molecular formula is C28H43NO2S2. The second-order valence-corrected chi connectivity index (χ2v) is 13.9. The van der Waals surface area contributed by atoms with Crippen LogP contribution in [0.4, 0.5) is 0 Å². The second kappa shape index (κ2) is 12.4. The van der Waals surface area contributed by atoms with Crippen LogP contribution < -0.4 is 0 Å². The molecule has 0 unspecified atom stereocenters. The third kappa shape index (κ3) is 6.97. The van der Waals surface area contributed by atoms with Gasteiger partial charge in [-0.3, -0.25) is 0 Å². The zero-order valence-corrected chi connectivity index (χ0v) is 22.4. The first-order valence-electron chi connectivity index (χ1n) is 13.6. The number of carbonyl (C=O) groups excluding carboxylic acids is 1. The highest BCUT2D eigenvalue weighted by Crippen LogP contribution is 2.45. The van der Waals surface area contributed by atoms with Gasteiger partial charge in [-0.25, -0.2) is 4.79 Å². The normalized spacial score (nSPS) is 37.7. The lowest BCUT2D eigenvalue weighted by Gasteiger charge is -2.37. The fourth-order valence-electron chi connectivity index (χ4n) is 6.65. The molecule has 3 saturated carbocycles. The molecule has 0 aromatic rings. The van der Waals surface area contributed by atoms with Crippen LogP contribution >= 0.6 is 23.5 Å². The van der Waals surface area contributed by atoms with Crippen molar-refractivity contribution in [3.05, 3.63) is 9.81 Å². The van der Waals surface area contributed by atoms with Gasteiger partial charge in [0.2, 0.25) is 0 Å². The summed E-state index contributed by atoms with van der Waals surface area (Å²) in [5.41, 5.74) is 0.255. The third-order valence-corrected chi connectivity index (χ3v) is 12.0. The fourth-order valence-corrected chi connectivity index (χ4v) is 9.60. The molecule has 4 rings (SSSR count). The van der Waals surface area contributed by atoms with Gasteiger partial charge in [0, 0.05) is 11.5 Å². The number of rotatable bonds is 5. The fraction of sp³-hybridized carbons (Fsp3) is 0.857. The van der Waals surface area contributed by atoms with Crippen LogP contribution in [-0.2, 0) is 9.53 Å². The Labute approximate surface area is 210 Å². The molecule has 0 spiro atoms. The summed E-state index contributed by atoms with van der Waals surface area (Å²) in [4.78, 5) is 12.7. The molecule has 33 heavy (non-hydrogen) atoms. The molecule has 4 fully saturated rings. The van der Waals surface area contributed by atoms with Gasteiger partial charge >= 0.3 is 5.97 Å². The molecule has 0 amide bonds. The number of hydrogen-bond donors (Lipinski definition) is 0. The Morgan fingerprint density at radius 2 is 1.24 bits per heavy atom. The summed E-state index contributed by atoms with van der Waals surface area (Å²) in [6.45, 7) is 5.26. The lowest BCUT2D eigenvalue weighted by Crippen LogP contribution is -2.27. The minimum Gasteiger partial charge on any atom is -0.461 e. The number of thioether (sulfide) groups is 2. The smallest absolute Gasteiger partial charge is 0.350 e. The zero-order valence-electron chi connectivity index (χ0n) is 20.7. The van der Waals surface area contributed by atoms with Crippen molar-refractivity contribution in [2.45, 2.75) is 90.9 Å². The summed E-state index contributed by atoms with van der Waals surface area (Å²) < 4.78 is 6.59. The monoisotopic (exact) mass is 489 g/mol. The van der Waals surface area contributed by atoms with E-state index in [0.29, 0.717) is 12.5 Å². The van der Waals surface area contributed by atoms with Gasteiger partial charge in [-0.15, -0.1) is 23.5 Å². The van der Waals surface area contributed by atoms with Gasteiger partial charge in [0.25, 0.3) is 0 Å². The molecule has 0 aromatic heterocycles. The Kier molecular flexibility index (Phi) is 9.57. The van der Waals surface area contributed by atoms with Crippen molar-refractivity contribution >= 4 is 29.5 Å². The molecule has 0 N–H and O–H groups in total. The largest absolute Gasteiger partial charge is 0.461 e. The van der Waals surface area contributed by atoms with E-state index in [0.717, 1.165) is 51.3 Å². The lowest BCUT2D eigenvalue weighted by atomic mass is 9.69. The number of nitriles is 1. The van der Waals surface area contributed by atoms with E-state index in [1.165, 1.54) is 77.0 Å². The topological polar surface area (TPSA) is 50.1 Å². The molecule has 1 aliphatic heterocycles. The maximum Gasteiger partial charge on any atom is 0.350 e. The summed E-state index contributed by atoms with van der Waals surface area (Å²) in [6, 6.07) is 2.18. The van der Waals surface area contributed by atoms with E-state index in [-0.39, 0.29) is 11.5 Å². The van der Waals surface area contributed by atoms with Crippen molar-refractivity contribution in [1.82, 2.24) is 0 Å². The molecule has 0 aromatic carbocycles. The molecule has 5 heteroatoms. The molecule has 0 bridgehead atoms. The standard InChI is InChI=1S/C28H43NO2S2/c1-19-3-9-22(10-4-19)23-13-7-21(8-14-23)16-31-27(30)26(15-29)28-32-17-25(18-33-28)24-11-5-20(2)6-12-24/h19-25H,3-14,16-18H2,1-2H3. The Hall–Kier alpha value is -0.600. The first-order chi connectivity index (χ1) is 16.0. The van der Waals surface area contributed by atoms with E-state index in [9.17, 15) is 10.1 Å². The summed E-state index contributed by atoms with van der Waals surface area (Å²) >= 11 is 3.45. The zero-order chi connectivity index (χ0) is 23.2. The second-order valence-electron chi connectivity index (χ2n) is 11.6. The maximum absolute atomic E-state index is 12.7. The van der Waals surface area contributed by atoms with E-state index >= 15 is 0 Å². The van der Waals surface area contributed by atoms with Crippen LogP contribution in [-0.4, -0.2) is 24.1 Å². The average Bonchev–Trinajstić information content (AvgIpc) is 2.85. The minimum atomic E-state index is -0.388. The molecule has 1 heterocycles. The van der Waals surface area contributed by atoms with Crippen LogP contribution in [0.15, 0.2) is 9.81 Å².